The number of alkyl halides is 2. The Morgan fingerprint density at radius 1 is 1.18 bits per heavy atom. The van der Waals surface area contributed by atoms with E-state index in [0.717, 1.165) is 4.68 Å². The lowest BCUT2D eigenvalue weighted by Crippen LogP contribution is -2.44. The number of nitriles is 1. The molecule has 1 saturated heterocycles. The molecule has 2 aliphatic rings. The van der Waals surface area contributed by atoms with Crippen molar-refractivity contribution in [3.8, 4) is 28.8 Å². The highest BCUT2D eigenvalue weighted by Crippen LogP contribution is 2.43. The molecule has 10 nitrogen and oxygen atoms in total. The van der Waals surface area contributed by atoms with E-state index in [2.05, 4.69) is 20.6 Å². The minimum atomic E-state index is -3.80. The molecule has 0 aliphatic carbocycles. The van der Waals surface area contributed by atoms with Crippen molar-refractivity contribution >= 4 is 22.6 Å². The van der Waals surface area contributed by atoms with Crippen LogP contribution in [0.3, 0.4) is 0 Å². The molecule has 0 radical (unpaired) electrons. The van der Waals surface area contributed by atoms with Crippen LogP contribution in [-0.4, -0.2) is 41.2 Å². The first-order valence-electron chi connectivity index (χ1n) is 11.6. The first-order valence-corrected chi connectivity index (χ1v) is 11.6. The van der Waals surface area contributed by atoms with Gasteiger partial charge in [-0.15, -0.1) is 8.78 Å². The van der Waals surface area contributed by atoms with Crippen LogP contribution in [0, 0.1) is 11.3 Å². The number of nitrogens with zero attached hydrogens (tertiary/aromatic N) is 4. The van der Waals surface area contributed by atoms with Crippen molar-refractivity contribution in [2.24, 2.45) is 0 Å². The van der Waals surface area contributed by atoms with Crippen molar-refractivity contribution in [2.75, 3.05) is 18.1 Å². The Bertz CT molecular complexity index is 1670. The van der Waals surface area contributed by atoms with Gasteiger partial charge in [-0.2, -0.15) is 10.4 Å². The highest BCUT2D eigenvalue weighted by atomic mass is 19.3. The first kappa shape index (κ1) is 23.6. The van der Waals surface area contributed by atoms with Crippen molar-refractivity contribution < 1.29 is 32.2 Å². The lowest BCUT2D eigenvalue weighted by atomic mass is 10.1. The Balaban J connectivity index is 1.39. The number of halogens is 2. The molecule has 0 saturated carbocycles. The summed E-state index contributed by atoms with van der Waals surface area (Å²) in [5.41, 5.74) is 1.17. The number of fused-ring (bicyclic) bond motifs is 2. The molecule has 38 heavy (non-hydrogen) atoms. The summed E-state index contributed by atoms with van der Waals surface area (Å²) in [7, 11) is 0. The smallest absolute Gasteiger partial charge is 0.462 e. The van der Waals surface area contributed by atoms with Gasteiger partial charge in [0, 0.05) is 23.9 Å². The van der Waals surface area contributed by atoms with Crippen LogP contribution in [0.2, 0.25) is 0 Å². The van der Waals surface area contributed by atoms with Gasteiger partial charge in [0.05, 0.1) is 35.9 Å². The summed E-state index contributed by atoms with van der Waals surface area (Å²) in [6, 6.07) is 13.8. The monoisotopic (exact) mass is 520 g/mol. The van der Waals surface area contributed by atoms with Crippen LogP contribution in [0.4, 0.5) is 14.5 Å². The Hall–Kier alpha value is -4.76. The summed E-state index contributed by atoms with van der Waals surface area (Å²) in [5.74, 6) is -0.874. The van der Waals surface area contributed by atoms with Crippen LogP contribution in [-0.2, 0) is 16.1 Å². The Kier molecular flexibility index (Phi) is 5.57. The van der Waals surface area contributed by atoms with Gasteiger partial charge in [0.25, 0.3) is 5.56 Å². The van der Waals surface area contributed by atoms with Crippen molar-refractivity contribution in [1.82, 2.24) is 9.78 Å². The van der Waals surface area contributed by atoms with E-state index in [-0.39, 0.29) is 40.5 Å². The van der Waals surface area contributed by atoms with Gasteiger partial charge in [-0.1, -0.05) is 12.1 Å². The van der Waals surface area contributed by atoms with Gasteiger partial charge in [0.1, 0.15) is 12.2 Å². The highest BCUT2D eigenvalue weighted by Gasteiger charge is 2.44. The maximum absolute atomic E-state index is 13.7. The van der Waals surface area contributed by atoms with E-state index >= 15 is 0 Å². The number of aromatic nitrogens is 2. The van der Waals surface area contributed by atoms with Crippen LogP contribution in [0.5, 0.6) is 11.5 Å². The van der Waals surface area contributed by atoms with E-state index in [4.69, 9.17) is 9.15 Å². The number of hydrogen-bond acceptors (Lipinski definition) is 8. The summed E-state index contributed by atoms with van der Waals surface area (Å²) in [4.78, 5) is 28.3. The maximum atomic E-state index is 13.7. The van der Waals surface area contributed by atoms with Crippen LogP contribution in [0.1, 0.15) is 12.0 Å². The summed E-state index contributed by atoms with van der Waals surface area (Å²) >= 11 is 0. The fraction of sp³-hybridized carbons (Fsp3) is 0.231. The van der Waals surface area contributed by atoms with Crippen molar-refractivity contribution in [3.05, 3.63) is 70.7 Å². The number of benzene rings is 2. The number of hydrogen-bond donors (Lipinski definition) is 0. The number of rotatable bonds is 5. The van der Waals surface area contributed by atoms with Gasteiger partial charge in [-0.05, 0) is 36.8 Å². The molecule has 1 fully saturated rings. The second-order valence-electron chi connectivity index (χ2n) is 8.75. The molecule has 12 heteroatoms. The van der Waals surface area contributed by atoms with Crippen LogP contribution >= 0.6 is 0 Å². The predicted octanol–water partition coefficient (Wildman–Crippen LogP) is 3.67. The number of ether oxygens (including phenoxy) is 3. The van der Waals surface area contributed by atoms with Crippen molar-refractivity contribution in [1.29, 1.82) is 5.26 Å². The number of carbonyl (C=O) groups is 1. The predicted molar refractivity (Wildman–Crippen MR) is 128 cm³/mol. The lowest BCUT2D eigenvalue weighted by molar-refractivity contribution is -0.286. The lowest BCUT2D eigenvalue weighted by Gasteiger charge is -2.28. The number of furan rings is 1. The molecular weight excluding hydrogens is 502 g/mol. The normalized spacial score (nSPS) is 17.4. The van der Waals surface area contributed by atoms with E-state index in [9.17, 15) is 23.6 Å². The third-order valence-corrected chi connectivity index (χ3v) is 6.32. The Morgan fingerprint density at radius 3 is 2.82 bits per heavy atom. The Morgan fingerprint density at radius 2 is 2.03 bits per heavy atom. The largest absolute Gasteiger partial charge is 0.586 e. The van der Waals surface area contributed by atoms with Crippen molar-refractivity contribution in [2.45, 2.75) is 25.3 Å². The average molecular weight is 520 g/mol. The molecular formula is C26H18F2N4O6. The number of anilines is 1. The maximum Gasteiger partial charge on any atom is 0.586 e. The minimum absolute atomic E-state index is 0.152. The fourth-order valence-corrected chi connectivity index (χ4v) is 4.62. The molecule has 0 bridgehead atoms. The van der Waals surface area contributed by atoms with E-state index in [0.29, 0.717) is 24.2 Å². The van der Waals surface area contributed by atoms with Gasteiger partial charge < -0.3 is 23.5 Å². The number of amides is 1. The summed E-state index contributed by atoms with van der Waals surface area (Å²) in [6.07, 6.45) is -1.95. The highest BCUT2D eigenvalue weighted by molar-refractivity contribution is 5.95. The Labute approximate surface area is 213 Å². The zero-order valence-electron chi connectivity index (χ0n) is 19.6. The molecule has 1 amide bonds. The zero-order valence-corrected chi connectivity index (χ0v) is 19.6. The summed E-state index contributed by atoms with van der Waals surface area (Å²) in [6.45, 7) is 0.188. The second-order valence-corrected chi connectivity index (χ2v) is 8.75. The fourth-order valence-electron chi connectivity index (χ4n) is 4.62. The van der Waals surface area contributed by atoms with Crippen LogP contribution in [0.15, 0.2) is 64.0 Å². The van der Waals surface area contributed by atoms with Crippen molar-refractivity contribution in [3.63, 3.8) is 0 Å². The van der Waals surface area contributed by atoms with E-state index in [1.54, 1.807) is 24.3 Å². The summed E-state index contributed by atoms with van der Waals surface area (Å²) < 4.78 is 48.2. The minimum Gasteiger partial charge on any atom is -0.462 e. The molecule has 4 heterocycles. The molecule has 0 N–H and O–H groups in total. The third kappa shape index (κ3) is 4.12. The summed E-state index contributed by atoms with van der Waals surface area (Å²) in [5, 5.41) is 13.9. The molecule has 2 aromatic heterocycles. The molecule has 2 aromatic carbocycles. The van der Waals surface area contributed by atoms with Gasteiger partial charge in [0.15, 0.2) is 17.1 Å². The van der Waals surface area contributed by atoms with Crippen LogP contribution < -0.4 is 19.9 Å². The molecule has 6 rings (SSSR count). The average Bonchev–Trinajstić information content (AvgIpc) is 3.65. The zero-order chi connectivity index (χ0) is 26.4. The molecule has 0 spiro atoms. The molecule has 2 aliphatic heterocycles. The molecule has 192 valence electrons. The number of carbonyl (C=O) groups excluding carboxylic acids is 1. The topological polar surface area (TPSA) is 120 Å². The molecule has 1 atom stereocenters. The standard InChI is InChI=1S/C26H18F2N4O6/c27-26(28)37-20-5-4-17(11-21(20)38-26)32(18-6-8-35-14-18)22(33)13-31-25(34)19-7-9-36-24(19)23(30-31)16-3-1-2-15(10-16)12-29/h1-5,7,9-11,18H,6,8,13-14H2. The third-order valence-electron chi connectivity index (χ3n) is 6.32. The quantitative estimate of drug-likeness (QED) is 0.391. The van der Waals surface area contributed by atoms with E-state index in [1.807, 2.05) is 0 Å². The van der Waals surface area contributed by atoms with Gasteiger partial charge in [-0.25, -0.2) is 4.68 Å². The van der Waals surface area contributed by atoms with Gasteiger partial charge in [-0.3, -0.25) is 9.59 Å². The van der Waals surface area contributed by atoms with E-state index < -0.39 is 30.3 Å². The first-order chi connectivity index (χ1) is 18.3. The van der Waals surface area contributed by atoms with Gasteiger partial charge >= 0.3 is 6.29 Å². The van der Waals surface area contributed by atoms with E-state index in [1.165, 1.54) is 35.4 Å². The van der Waals surface area contributed by atoms with Gasteiger partial charge in [0.2, 0.25) is 5.91 Å². The molecule has 4 aromatic rings. The molecule has 1 unspecified atom stereocenters. The SMILES string of the molecule is N#Cc1cccc(-c2nn(CC(=O)N(c3ccc4c(c3)OC(F)(F)O4)C3CCOC3)c(=O)c3ccoc23)c1. The second kappa shape index (κ2) is 8.97. The van der Waals surface area contributed by atoms with Crippen LogP contribution in [0.25, 0.3) is 22.2 Å².